The minimum atomic E-state index is 0.169. The Hall–Kier alpha value is -1.04. The first-order chi connectivity index (χ1) is 9.51. The highest BCUT2D eigenvalue weighted by molar-refractivity contribution is 7.16. The highest BCUT2D eigenvalue weighted by atomic mass is 35.5. The first kappa shape index (κ1) is 15.4. The van der Waals surface area contributed by atoms with Crippen molar-refractivity contribution in [3.8, 4) is 0 Å². The highest BCUT2D eigenvalue weighted by Crippen LogP contribution is 2.29. The zero-order chi connectivity index (χ0) is 14.7. The van der Waals surface area contributed by atoms with Gasteiger partial charge in [0.15, 0.2) is 0 Å². The average molecular weight is 314 g/mol. The fourth-order valence-electron chi connectivity index (χ4n) is 2.11. The van der Waals surface area contributed by atoms with Crippen LogP contribution in [0.25, 0.3) is 0 Å². The molecule has 0 aliphatic heterocycles. The Labute approximate surface area is 128 Å². The number of aromatic nitrogens is 2. The number of nitrogens with zero attached hydrogens (tertiary/aromatic N) is 2. The number of ether oxygens (including phenoxy) is 1. The molecule has 0 aliphatic rings. The van der Waals surface area contributed by atoms with Crippen LogP contribution in [0.2, 0.25) is 4.34 Å². The van der Waals surface area contributed by atoms with Gasteiger partial charge in [-0.1, -0.05) is 11.6 Å². The number of hydrogen-bond donors (Lipinski definition) is 1. The molecule has 0 aromatic carbocycles. The van der Waals surface area contributed by atoms with Crippen LogP contribution in [0.4, 0.5) is 5.95 Å². The van der Waals surface area contributed by atoms with Crippen molar-refractivity contribution in [2.24, 2.45) is 0 Å². The van der Waals surface area contributed by atoms with Crippen molar-refractivity contribution in [2.75, 3.05) is 19.0 Å². The van der Waals surface area contributed by atoms with Gasteiger partial charge >= 0.3 is 0 Å². The van der Waals surface area contributed by atoms with E-state index < -0.39 is 0 Å². The van der Waals surface area contributed by atoms with Gasteiger partial charge in [0.2, 0.25) is 5.95 Å². The zero-order valence-corrected chi connectivity index (χ0v) is 13.8. The van der Waals surface area contributed by atoms with Crippen LogP contribution in [0.3, 0.4) is 0 Å². The number of methoxy groups -OCH3 is 1. The standard InChI is InChI=1S/C14H20ClN3OS/c1-9-7-18(10(2)8-19-4)14(16-9)17-11(3)12-5-6-13(15)20-12/h5-7,10-11H,8H2,1-4H3,(H,16,17). The summed E-state index contributed by atoms with van der Waals surface area (Å²) in [5.41, 5.74) is 0.992. The summed E-state index contributed by atoms with van der Waals surface area (Å²) in [6.07, 6.45) is 2.04. The summed E-state index contributed by atoms with van der Waals surface area (Å²) in [7, 11) is 1.71. The van der Waals surface area contributed by atoms with Crippen LogP contribution in [-0.2, 0) is 4.74 Å². The average Bonchev–Trinajstić information content (AvgIpc) is 2.96. The SMILES string of the molecule is COCC(C)n1cc(C)nc1NC(C)c1ccc(Cl)s1. The zero-order valence-electron chi connectivity index (χ0n) is 12.2. The van der Waals surface area contributed by atoms with E-state index in [1.165, 1.54) is 4.88 Å². The Morgan fingerprint density at radius 2 is 2.20 bits per heavy atom. The molecule has 2 heterocycles. The van der Waals surface area contributed by atoms with E-state index in [0.29, 0.717) is 6.61 Å². The third-order valence-electron chi connectivity index (χ3n) is 3.10. The molecule has 0 aliphatic carbocycles. The number of halogens is 1. The smallest absolute Gasteiger partial charge is 0.203 e. The first-order valence-corrected chi connectivity index (χ1v) is 7.77. The Morgan fingerprint density at radius 1 is 1.45 bits per heavy atom. The topological polar surface area (TPSA) is 39.1 Å². The second kappa shape index (κ2) is 6.61. The Morgan fingerprint density at radius 3 is 2.80 bits per heavy atom. The number of thiophene rings is 1. The molecule has 2 atom stereocenters. The summed E-state index contributed by atoms with van der Waals surface area (Å²) < 4.78 is 8.15. The van der Waals surface area contributed by atoms with Crippen LogP contribution >= 0.6 is 22.9 Å². The normalized spacial score (nSPS) is 14.2. The number of hydrogen-bond acceptors (Lipinski definition) is 4. The molecule has 2 unspecified atom stereocenters. The van der Waals surface area contributed by atoms with E-state index in [1.54, 1.807) is 18.4 Å². The molecule has 0 spiro atoms. The van der Waals surface area contributed by atoms with Crippen molar-refractivity contribution < 1.29 is 4.74 Å². The van der Waals surface area contributed by atoms with Gasteiger partial charge in [0, 0.05) is 18.2 Å². The van der Waals surface area contributed by atoms with Crippen LogP contribution in [0.15, 0.2) is 18.3 Å². The lowest BCUT2D eigenvalue weighted by atomic mass is 10.3. The third kappa shape index (κ3) is 3.53. The third-order valence-corrected chi connectivity index (χ3v) is 4.52. The lowest BCUT2D eigenvalue weighted by molar-refractivity contribution is 0.163. The van der Waals surface area contributed by atoms with Crippen LogP contribution in [0, 0.1) is 6.92 Å². The maximum Gasteiger partial charge on any atom is 0.203 e. The van der Waals surface area contributed by atoms with Gasteiger partial charge in [-0.25, -0.2) is 4.98 Å². The van der Waals surface area contributed by atoms with Crippen LogP contribution in [-0.4, -0.2) is 23.3 Å². The minimum Gasteiger partial charge on any atom is -0.383 e. The molecule has 0 bridgehead atoms. The maximum atomic E-state index is 5.99. The number of nitrogens with one attached hydrogen (secondary N) is 1. The second-order valence-electron chi connectivity index (χ2n) is 4.93. The number of rotatable bonds is 6. The molecular formula is C14H20ClN3OS. The molecule has 110 valence electrons. The summed E-state index contributed by atoms with van der Waals surface area (Å²) in [6, 6.07) is 4.37. The molecule has 2 aromatic heterocycles. The van der Waals surface area contributed by atoms with E-state index in [9.17, 15) is 0 Å². The fraction of sp³-hybridized carbons (Fsp3) is 0.500. The molecule has 2 aromatic rings. The summed E-state index contributed by atoms with van der Waals surface area (Å²) in [5.74, 6) is 0.865. The predicted octanol–water partition coefficient (Wildman–Crippen LogP) is 4.29. The molecule has 0 saturated carbocycles. The maximum absolute atomic E-state index is 5.99. The van der Waals surface area contributed by atoms with Crippen molar-refractivity contribution in [3.05, 3.63) is 33.2 Å². The highest BCUT2D eigenvalue weighted by Gasteiger charge is 2.15. The van der Waals surface area contributed by atoms with Crippen molar-refractivity contribution in [2.45, 2.75) is 32.9 Å². The Kier molecular flexibility index (Phi) is 5.07. The largest absolute Gasteiger partial charge is 0.383 e. The van der Waals surface area contributed by atoms with Crippen molar-refractivity contribution in [3.63, 3.8) is 0 Å². The van der Waals surface area contributed by atoms with Crippen molar-refractivity contribution >= 4 is 28.9 Å². The van der Waals surface area contributed by atoms with Gasteiger partial charge in [-0.15, -0.1) is 11.3 Å². The van der Waals surface area contributed by atoms with Gasteiger partial charge in [-0.05, 0) is 32.9 Å². The molecule has 20 heavy (non-hydrogen) atoms. The van der Waals surface area contributed by atoms with Gasteiger partial charge < -0.3 is 14.6 Å². The molecule has 0 amide bonds. The van der Waals surface area contributed by atoms with E-state index in [0.717, 1.165) is 16.0 Å². The quantitative estimate of drug-likeness (QED) is 0.864. The van der Waals surface area contributed by atoms with Gasteiger partial charge in [0.05, 0.1) is 28.7 Å². The molecule has 4 nitrogen and oxygen atoms in total. The van der Waals surface area contributed by atoms with Crippen molar-refractivity contribution in [1.29, 1.82) is 0 Å². The molecule has 2 rings (SSSR count). The van der Waals surface area contributed by atoms with Crippen LogP contribution in [0.1, 0.15) is 36.5 Å². The van der Waals surface area contributed by atoms with Crippen molar-refractivity contribution in [1.82, 2.24) is 9.55 Å². The number of imidazole rings is 1. The molecule has 0 fully saturated rings. The summed E-state index contributed by atoms with van der Waals surface area (Å²) in [5, 5.41) is 3.45. The summed E-state index contributed by atoms with van der Waals surface area (Å²) in [6.45, 7) is 6.87. The van der Waals surface area contributed by atoms with E-state index in [1.807, 2.05) is 25.3 Å². The summed E-state index contributed by atoms with van der Waals surface area (Å²) >= 11 is 7.58. The van der Waals surface area contributed by atoms with Crippen LogP contribution in [0.5, 0.6) is 0 Å². The van der Waals surface area contributed by atoms with Gasteiger partial charge in [0.1, 0.15) is 0 Å². The fourth-order valence-corrected chi connectivity index (χ4v) is 3.17. The molecule has 1 N–H and O–H groups in total. The first-order valence-electron chi connectivity index (χ1n) is 6.57. The van der Waals surface area contributed by atoms with E-state index in [4.69, 9.17) is 16.3 Å². The lowest BCUT2D eigenvalue weighted by Gasteiger charge is -2.18. The van der Waals surface area contributed by atoms with Gasteiger partial charge in [0.25, 0.3) is 0 Å². The number of anilines is 1. The molecule has 0 radical (unpaired) electrons. The van der Waals surface area contributed by atoms with E-state index in [-0.39, 0.29) is 12.1 Å². The number of aryl methyl sites for hydroxylation is 1. The Bertz CT molecular complexity index is 567. The molecule has 6 heteroatoms. The molecule has 0 saturated heterocycles. The monoisotopic (exact) mass is 313 g/mol. The summed E-state index contributed by atoms with van der Waals surface area (Å²) in [4.78, 5) is 5.75. The van der Waals surface area contributed by atoms with E-state index in [2.05, 4.69) is 28.7 Å². The second-order valence-corrected chi connectivity index (χ2v) is 6.67. The lowest BCUT2D eigenvalue weighted by Crippen LogP contribution is -2.16. The predicted molar refractivity (Wildman–Crippen MR) is 84.9 cm³/mol. The van der Waals surface area contributed by atoms with Gasteiger partial charge in [-0.3, -0.25) is 0 Å². The Balaban J connectivity index is 2.16. The minimum absolute atomic E-state index is 0.169. The van der Waals surface area contributed by atoms with E-state index >= 15 is 0 Å². The van der Waals surface area contributed by atoms with Gasteiger partial charge in [-0.2, -0.15) is 0 Å². The molecular weight excluding hydrogens is 294 g/mol. The van der Waals surface area contributed by atoms with Crippen LogP contribution < -0.4 is 5.32 Å².